The third kappa shape index (κ3) is 3.36. The summed E-state index contributed by atoms with van der Waals surface area (Å²) in [7, 11) is 0. The molecular formula is C23H24Cl2N2O3. The number of hydrogen-bond acceptors (Lipinski definition) is 3. The molecule has 0 unspecified atom stereocenters. The van der Waals surface area contributed by atoms with E-state index in [2.05, 4.69) is 17.5 Å². The van der Waals surface area contributed by atoms with E-state index in [1.165, 1.54) is 11.3 Å². The highest BCUT2D eigenvalue weighted by Gasteiger charge is 2.66. The van der Waals surface area contributed by atoms with Crippen LogP contribution in [0, 0.1) is 35.5 Å². The largest absolute Gasteiger partial charge is 0.325 e. The first kappa shape index (κ1) is 20.1. The van der Waals surface area contributed by atoms with Gasteiger partial charge >= 0.3 is 0 Å². The maximum Gasteiger partial charge on any atom is 0.233 e. The molecule has 5 aliphatic rings. The van der Waals surface area contributed by atoms with Crippen LogP contribution in [0.15, 0.2) is 30.4 Å². The van der Waals surface area contributed by atoms with Crippen LogP contribution in [-0.2, 0) is 14.4 Å². The van der Waals surface area contributed by atoms with Gasteiger partial charge in [0.15, 0.2) is 0 Å². The lowest BCUT2D eigenvalue weighted by molar-refractivity contribution is -0.140. The molecule has 1 saturated heterocycles. The Morgan fingerprint density at radius 2 is 1.67 bits per heavy atom. The molecule has 2 saturated carbocycles. The Labute approximate surface area is 185 Å². The molecule has 1 heterocycles. The van der Waals surface area contributed by atoms with Crippen LogP contribution >= 0.6 is 23.2 Å². The fourth-order valence-corrected chi connectivity index (χ4v) is 6.23. The molecule has 7 heteroatoms. The minimum Gasteiger partial charge on any atom is -0.325 e. The van der Waals surface area contributed by atoms with Crippen LogP contribution in [0.3, 0.4) is 0 Å². The lowest BCUT2D eigenvalue weighted by Gasteiger charge is -2.37. The van der Waals surface area contributed by atoms with Gasteiger partial charge in [0.05, 0.1) is 22.5 Å². The first-order valence-electron chi connectivity index (χ1n) is 10.7. The fourth-order valence-electron chi connectivity index (χ4n) is 5.77. The van der Waals surface area contributed by atoms with Gasteiger partial charge in [0.1, 0.15) is 0 Å². The SMILES string of the molecule is O=C(CCCCCN1C(=O)[C@H]2[C@@H]3C=C[C@H]([C@H]4C[C@H]34)[C@@H]2C1=O)Nc1ccc(Cl)cc1Cl. The Bertz CT molecular complexity index is 910. The van der Waals surface area contributed by atoms with Crippen molar-refractivity contribution < 1.29 is 14.4 Å². The van der Waals surface area contributed by atoms with E-state index in [1.807, 2.05) is 0 Å². The van der Waals surface area contributed by atoms with Crippen LogP contribution in [0.25, 0.3) is 0 Å². The van der Waals surface area contributed by atoms with Crippen molar-refractivity contribution in [2.24, 2.45) is 35.5 Å². The molecule has 0 spiro atoms. The van der Waals surface area contributed by atoms with Gasteiger partial charge < -0.3 is 5.32 Å². The smallest absolute Gasteiger partial charge is 0.233 e. The van der Waals surface area contributed by atoms with Gasteiger partial charge in [0.25, 0.3) is 0 Å². The number of nitrogens with zero attached hydrogens (tertiary/aromatic N) is 1. The van der Waals surface area contributed by atoms with Crippen molar-refractivity contribution in [1.82, 2.24) is 4.90 Å². The van der Waals surface area contributed by atoms with Crippen LogP contribution in [0.5, 0.6) is 0 Å². The van der Waals surface area contributed by atoms with E-state index in [-0.39, 0.29) is 41.4 Å². The van der Waals surface area contributed by atoms with Crippen LogP contribution in [-0.4, -0.2) is 29.2 Å². The lowest BCUT2D eigenvalue weighted by atomic mass is 9.63. The van der Waals surface area contributed by atoms with Gasteiger partial charge in [-0.1, -0.05) is 41.8 Å². The van der Waals surface area contributed by atoms with E-state index in [9.17, 15) is 14.4 Å². The normalized spacial score (nSPS) is 32.9. The molecule has 6 rings (SSSR count). The number of halogens is 2. The van der Waals surface area contributed by atoms with Crippen molar-refractivity contribution in [3.05, 3.63) is 40.4 Å². The summed E-state index contributed by atoms with van der Waals surface area (Å²) >= 11 is 11.9. The highest BCUT2D eigenvalue weighted by molar-refractivity contribution is 6.36. The summed E-state index contributed by atoms with van der Waals surface area (Å²) < 4.78 is 0. The second kappa shape index (κ2) is 7.69. The molecule has 0 aromatic heterocycles. The summed E-state index contributed by atoms with van der Waals surface area (Å²) in [5, 5.41) is 3.71. The van der Waals surface area contributed by atoms with Gasteiger partial charge in [-0.25, -0.2) is 0 Å². The molecule has 3 fully saturated rings. The minimum atomic E-state index is -0.119. The molecule has 158 valence electrons. The number of unbranched alkanes of at least 4 members (excludes halogenated alkanes) is 2. The Kier molecular flexibility index (Phi) is 5.14. The van der Waals surface area contributed by atoms with Gasteiger partial charge in [-0.15, -0.1) is 0 Å². The van der Waals surface area contributed by atoms with Crippen LogP contribution in [0.4, 0.5) is 5.69 Å². The van der Waals surface area contributed by atoms with Crippen molar-refractivity contribution in [3.63, 3.8) is 0 Å². The second-order valence-corrected chi connectivity index (χ2v) is 9.81. The number of carbonyl (C=O) groups excluding carboxylic acids is 3. The number of likely N-dealkylation sites (tertiary alicyclic amines) is 1. The van der Waals surface area contributed by atoms with Crippen molar-refractivity contribution in [2.75, 3.05) is 11.9 Å². The molecule has 6 atom stereocenters. The molecule has 4 aliphatic carbocycles. The fraction of sp³-hybridized carbons (Fsp3) is 0.522. The lowest BCUT2D eigenvalue weighted by Crippen LogP contribution is -2.40. The third-order valence-electron chi connectivity index (χ3n) is 7.24. The van der Waals surface area contributed by atoms with Gasteiger partial charge in [-0.3, -0.25) is 19.3 Å². The van der Waals surface area contributed by atoms with E-state index in [4.69, 9.17) is 23.2 Å². The predicted octanol–water partition coefficient (Wildman–Crippen LogP) is 4.55. The molecule has 1 aromatic rings. The van der Waals surface area contributed by atoms with Crippen molar-refractivity contribution >= 4 is 46.6 Å². The van der Waals surface area contributed by atoms with Gasteiger partial charge in [0.2, 0.25) is 17.7 Å². The summed E-state index contributed by atoms with van der Waals surface area (Å²) in [6, 6.07) is 4.94. The number of amides is 3. The van der Waals surface area contributed by atoms with E-state index < -0.39 is 0 Å². The minimum absolute atomic E-state index is 0.0322. The number of benzene rings is 1. The number of allylic oxidation sites excluding steroid dienone is 2. The van der Waals surface area contributed by atoms with Crippen molar-refractivity contribution in [3.8, 4) is 0 Å². The van der Waals surface area contributed by atoms with Crippen LogP contribution in [0.2, 0.25) is 10.0 Å². The highest BCUT2D eigenvalue weighted by Crippen LogP contribution is 2.65. The number of imide groups is 1. The maximum absolute atomic E-state index is 12.9. The molecule has 3 amide bonds. The zero-order chi connectivity index (χ0) is 21.0. The molecule has 2 bridgehead atoms. The molecule has 30 heavy (non-hydrogen) atoms. The summed E-state index contributed by atoms with van der Waals surface area (Å²) in [6.45, 7) is 0.462. The summed E-state index contributed by atoms with van der Waals surface area (Å²) in [5.74, 6) is 1.52. The number of nitrogens with one attached hydrogen (secondary N) is 1. The first-order chi connectivity index (χ1) is 14.5. The average Bonchev–Trinajstić information content (AvgIpc) is 3.50. The molecule has 0 radical (unpaired) electrons. The summed E-state index contributed by atoms with van der Waals surface area (Å²) in [6.07, 6.45) is 8.13. The number of anilines is 1. The molecule has 1 N–H and O–H groups in total. The molecular weight excluding hydrogens is 423 g/mol. The number of rotatable bonds is 7. The standard InChI is InChI=1S/C23H24Cl2N2O3/c24-12-5-8-18(17(25)10-12)26-19(28)4-2-1-3-9-27-22(29)20-13-6-7-14(16-11-15(13)16)21(20)23(27)30/h5-8,10,13-16,20-21H,1-4,9,11H2,(H,26,28)/t13-,14-,15-,16-,20+,21+/m1/s1. The Morgan fingerprint density at radius 1 is 1.00 bits per heavy atom. The first-order valence-corrected chi connectivity index (χ1v) is 11.5. The predicted molar refractivity (Wildman–Crippen MR) is 115 cm³/mol. The van der Waals surface area contributed by atoms with Gasteiger partial charge in [-0.05, 0) is 61.1 Å². The zero-order valence-electron chi connectivity index (χ0n) is 16.5. The van der Waals surface area contributed by atoms with E-state index in [1.54, 1.807) is 18.2 Å². The van der Waals surface area contributed by atoms with Crippen LogP contribution in [0.1, 0.15) is 32.1 Å². The molecule has 1 aliphatic heterocycles. The quantitative estimate of drug-likeness (QED) is 0.379. The van der Waals surface area contributed by atoms with E-state index >= 15 is 0 Å². The third-order valence-corrected chi connectivity index (χ3v) is 7.79. The Balaban J connectivity index is 1.08. The average molecular weight is 447 g/mol. The highest BCUT2D eigenvalue weighted by atomic mass is 35.5. The number of hydrogen-bond donors (Lipinski definition) is 1. The number of carbonyl (C=O) groups is 3. The van der Waals surface area contributed by atoms with E-state index in [0.717, 1.165) is 12.8 Å². The topological polar surface area (TPSA) is 66.5 Å². The second-order valence-electron chi connectivity index (χ2n) is 8.97. The molecule has 5 nitrogen and oxygen atoms in total. The van der Waals surface area contributed by atoms with Gasteiger partial charge in [-0.2, -0.15) is 0 Å². The maximum atomic E-state index is 12.9. The molecule has 1 aromatic carbocycles. The summed E-state index contributed by atoms with van der Waals surface area (Å²) in [5.41, 5.74) is 0.545. The van der Waals surface area contributed by atoms with Crippen molar-refractivity contribution in [2.45, 2.75) is 32.1 Å². The monoisotopic (exact) mass is 446 g/mol. The van der Waals surface area contributed by atoms with Crippen molar-refractivity contribution in [1.29, 1.82) is 0 Å². The van der Waals surface area contributed by atoms with Gasteiger partial charge in [0, 0.05) is 18.0 Å². The van der Waals surface area contributed by atoms with Crippen LogP contribution < -0.4 is 5.32 Å². The Morgan fingerprint density at radius 3 is 2.30 bits per heavy atom. The summed E-state index contributed by atoms with van der Waals surface area (Å²) in [4.78, 5) is 39.5. The zero-order valence-corrected chi connectivity index (χ0v) is 18.0. The van der Waals surface area contributed by atoms with E-state index in [0.29, 0.717) is 47.0 Å². The Hall–Kier alpha value is -1.85.